The van der Waals surface area contributed by atoms with Crippen LogP contribution in [-0.4, -0.2) is 30.9 Å². The topological polar surface area (TPSA) is 80.4 Å². The third-order valence-electron chi connectivity index (χ3n) is 1.58. The minimum Gasteiger partial charge on any atom is -0.325 e. The van der Waals surface area contributed by atoms with Crippen LogP contribution in [-0.2, 0) is 10.1 Å². The number of hydrogen-bond acceptors (Lipinski definition) is 3. The Morgan fingerprint density at radius 2 is 1.92 bits per heavy atom. The van der Waals surface area contributed by atoms with Gasteiger partial charge < -0.3 is 5.73 Å². The van der Waals surface area contributed by atoms with E-state index in [1.54, 1.807) is 0 Å². The first-order valence-electron chi connectivity index (χ1n) is 4.07. The van der Waals surface area contributed by atoms with E-state index in [1.165, 1.54) is 0 Å². The van der Waals surface area contributed by atoms with E-state index in [1.807, 2.05) is 13.8 Å². The number of hydrogen-bond donors (Lipinski definition) is 2. The van der Waals surface area contributed by atoms with E-state index in [4.69, 9.17) is 10.3 Å². The van der Waals surface area contributed by atoms with Crippen LogP contribution in [0.3, 0.4) is 0 Å². The number of rotatable bonds is 5. The molecule has 6 heteroatoms. The standard InChI is InChI=1S/C7H16FNO3S/c1-5(2)3-7(9)6(8)4-13(10,11)12/h5-7H,3-4,9H2,1-2H3,(H,10,11,12)/t6-,7+/m0/s1. The van der Waals surface area contributed by atoms with Gasteiger partial charge in [-0.3, -0.25) is 4.55 Å². The molecule has 0 saturated carbocycles. The molecule has 0 aliphatic heterocycles. The molecule has 13 heavy (non-hydrogen) atoms. The second-order valence-electron chi connectivity index (χ2n) is 3.56. The minimum absolute atomic E-state index is 0.203. The van der Waals surface area contributed by atoms with Gasteiger partial charge in [-0.2, -0.15) is 8.42 Å². The van der Waals surface area contributed by atoms with E-state index < -0.39 is 28.1 Å². The van der Waals surface area contributed by atoms with Crippen molar-refractivity contribution >= 4 is 10.1 Å². The summed E-state index contributed by atoms with van der Waals surface area (Å²) in [5.74, 6) is -0.712. The van der Waals surface area contributed by atoms with Gasteiger partial charge in [0.05, 0.1) is 0 Å². The molecule has 3 N–H and O–H groups in total. The Morgan fingerprint density at radius 3 is 2.23 bits per heavy atom. The van der Waals surface area contributed by atoms with Gasteiger partial charge in [-0.1, -0.05) is 13.8 Å². The predicted octanol–water partition coefficient (Wildman–Crippen LogP) is 0.586. The van der Waals surface area contributed by atoms with Crippen LogP contribution in [0.25, 0.3) is 0 Å². The fourth-order valence-corrected chi connectivity index (χ4v) is 1.67. The molecule has 0 fully saturated rings. The highest BCUT2D eigenvalue weighted by Gasteiger charge is 2.23. The van der Waals surface area contributed by atoms with Crippen molar-refractivity contribution in [3.63, 3.8) is 0 Å². The molecule has 2 atom stereocenters. The normalized spacial score (nSPS) is 17.4. The van der Waals surface area contributed by atoms with Crippen LogP contribution in [0.15, 0.2) is 0 Å². The molecule has 0 amide bonds. The highest BCUT2D eigenvalue weighted by molar-refractivity contribution is 7.85. The van der Waals surface area contributed by atoms with E-state index in [0.717, 1.165) is 0 Å². The Hall–Kier alpha value is -0.200. The van der Waals surface area contributed by atoms with Crippen molar-refractivity contribution in [1.82, 2.24) is 0 Å². The minimum atomic E-state index is -4.26. The molecule has 0 spiro atoms. The summed E-state index contributed by atoms with van der Waals surface area (Å²) in [6, 6.07) is -0.832. The van der Waals surface area contributed by atoms with Gasteiger partial charge in [0.25, 0.3) is 10.1 Å². The predicted molar refractivity (Wildman–Crippen MR) is 48.7 cm³/mol. The zero-order valence-corrected chi connectivity index (χ0v) is 8.59. The molecule has 0 aromatic carbocycles. The highest BCUT2D eigenvalue weighted by atomic mass is 32.2. The summed E-state index contributed by atoms with van der Waals surface area (Å²) in [6.07, 6.45) is -1.30. The van der Waals surface area contributed by atoms with Crippen LogP contribution in [0.2, 0.25) is 0 Å². The summed E-state index contributed by atoms with van der Waals surface area (Å²) in [5.41, 5.74) is 5.37. The van der Waals surface area contributed by atoms with Crippen molar-refractivity contribution in [2.75, 3.05) is 5.75 Å². The second-order valence-corrected chi connectivity index (χ2v) is 5.06. The van der Waals surface area contributed by atoms with Gasteiger partial charge >= 0.3 is 0 Å². The Bertz CT molecular complexity index is 240. The van der Waals surface area contributed by atoms with Crippen molar-refractivity contribution in [2.24, 2.45) is 11.7 Å². The molecule has 0 bridgehead atoms. The third-order valence-corrected chi connectivity index (χ3v) is 2.32. The summed E-state index contributed by atoms with van der Waals surface area (Å²) in [4.78, 5) is 0. The molecule has 0 heterocycles. The van der Waals surface area contributed by atoms with Crippen LogP contribution in [0, 0.1) is 5.92 Å². The molecule has 4 nitrogen and oxygen atoms in total. The van der Waals surface area contributed by atoms with Crippen LogP contribution >= 0.6 is 0 Å². The summed E-state index contributed by atoms with van der Waals surface area (Å²) in [6.45, 7) is 3.72. The Labute approximate surface area is 78.1 Å². The van der Waals surface area contributed by atoms with Gasteiger partial charge in [-0.05, 0) is 12.3 Å². The van der Waals surface area contributed by atoms with E-state index in [0.29, 0.717) is 6.42 Å². The van der Waals surface area contributed by atoms with Gasteiger partial charge in [0.1, 0.15) is 11.9 Å². The molecule has 0 aromatic rings. The van der Waals surface area contributed by atoms with Gasteiger partial charge in [0.2, 0.25) is 0 Å². The second kappa shape index (κ2) is 4.88. The largest absolute Gasteiger partial charge is 0.325 e. The molecule has 0 rings (SSSR count). The van der Waals surface area contributed by atoms with Crippen LogP contribution in [0.4, 0.5) is 4.39 Å². The van der Waals surface area contributed by atoms with Gasteiger partial charge in [-0.25, -0.2) is 4.39 Å². The number of nitrogens with two attached hydrogens (primary N) is 1. The molecular weight excluding hydrogens is 197 g/mol. The van der Waals surface area contributed by atoms with Crippen molar-refractivity contribution in [2.45, 2.75) is 32.5 Å². The van der Waals surface area contributed by atoms with Crippen LogP contribution in [0.1, 0.15) is 20.3 Å². The molecule has 0 aromatic heterocycles. The molecule has 0 aliphatic carbocycles. The summed E-state index contributed by atoms with van der Waals surface area (Å²) >= 11 is 0. The Morgan fingerprint density at radius 1 is 1.46 bits per heavy atom. The Kier molecular flexibility index (Phi) is 4.80. The van der Waals surface area contributed by atoms with Crippen LogP contribution in [0.5, 0.6) is 0 Å². The summed E-state index contributed by atoms with van der Waals surface area (Å²) < 4.78 is 41.9. The maximum Gasteiger partial charge on any atom is 0.267 e. The van der Waals surface area contributed by atoms with E-state index >= 15 is 0 Å². The van der Waals surface area contributed by atoms with Crippen molar-refractivity contribution < 1.29 is 17.4 Å². The SMILES string of the molecule is CC(C)C[C@@H](N)[C@@H](F)CS(=O)(=O)O. The first kappa shape index (κ1) is 12.8. The first-order chi connectivity index (χ1) is 5.72. The maximum atomic E-state index is 13.0. The fourth-order valence-electron chi connectivity index (χ4n) is 1.02. The number of halogens is 1. The monoisotopic (exact) mass is 213 g/mol. The van der Waals surface area contributed by atoms with E-state index in [-0.39, 0.29) is 5.92 Å². The number of alkyl halides is 1. The first-order valence-corrected chi connectivity index (χ1v) is 5.68. The maximum absolute atomic E-state index is 13.0. The van der Waals surface area contributed by atoms with Crippen molar-refractivity contribution in [1.29, 1.82) is 0 Å². The van der Waals surface area contributed by atoms with Gasteiger partial charge in [0.15, 0.2) is 0 Å². The average Bonchev–Trinajstić information content (AvgIpc) is 1.81. The lowest BCUT2D eigenvalue weighted by atomic mass is 10.0. The van der Waals surface area contributed by atoms with Crippen LogP contribution < -0.4 is 5.73 Å². The van der Waals surface area contributed by atoms with Gasteiger partial charge in [-0.15, -0.1) is 0 Å². The lowest BCUT2D eigenvalue weighted by Crippen LogP contribution is -2.37. The lowest BCUT2D eigenvalue weighted by Gasteiger charge is -2.17. The van der Waals surface area contributed by atoms with Crippen molar-refractivity contribution in [3.8, 4) is 0 Å². The van der Waals surface area contributed by atoms with E-state index in [9.17, 15) is 12.8 Å². The molecular formula is C7H16FNO3S. The molecule has 80 valence electrons. The Balaban J connectivity index is 4.04. The zero-order chi connectivity index (χ0) is 10.6. The third kappa shape index (κ3) is 6.92. The van der Waals surface area contributed by atoms with Crippen molar-refractivity contribution in [3.05, 3.63) is 0 Å². The quantitative estimate of drug-likeness (QED) is 0.655. The molecule has 0 saturated heterocycles. The molecule has 0 unspecified atom stereocenters. The van der Waals surface area contributed by atoms with Gasteiger partial charge in [0, 0.05) is 6.04 Å². The van der Waals surface area contributed by atoms with E-state index in [2.05, 4.69) is 0 Å². The lowest BCUT2D eigenvalue weighted by molar-refractivity contribution is 0.276. The summed E-state index contributed by atoms with van der Waals surface area (Å²) in [7, 11) is -4.26. The summed E-state index contributed by atoms with van der Waals surface area (Å²) in [5, 5.41) is 0. The zero-order valence-electron chi connectivity index (χ0n) is 7.77. The highest BCUT2D eigenvalue weighted by Crippen LogP contribution is 2.10. The fraction of sp³-hybridized carbons (Fsp3) is 1.00. The smallest absolute Gasteiger partial charge is 0.267 e. The molecule has 0 radical (unpaired) electrons. The average molecular weight is 213 g/mol. The molecule has 0 aliphatic rings.